The molecule has 2 aromatic heterocycles. The SMILES string of the molecule is O=C(O)c1cn(-c2ccc(CNC3CCCC3)cc2)c2c(OC(F)(F)Cl)c(N3CCN(c4ccccn4)CC3)c(F)cc2c1=O. The van der Waals surface area contributed by atoms with Crippen molar-refractivity contribution < 1.29 is 27.8 Å². The summed E-state index contributed by atoms with van der Waals surface area (Å²) in [5, 5.41) is 12.9. The Kier molecular flexibility index (Phi) is 8.61. The number of carboxylic acids is 1. The molecule has 0 bridgehead atoms. The zero-order chi connectivity index (χ0) is 31.7. The molecule has 1 aliphatic carbocycles. The first-order valence-corrected chi connectivity index (χ1v) is 15.1. The van der Waals surface area contributed by atoms with Gasteiger partial charge in [0.25, 0.3) is 0 Å². The molecule has 0 atom stereocenters. The van der Waals surface area contributed by atoms with E-state index in [1.807, 2.05) is 29.2 Å². The molecule has 0 amide bonds. The third-order valence-corrected chi connectivity index (χ3v) is 8.43. The van der Waals surface area contributed by atoms with E-state index in [1.165, 1.54) is 17.4 Å². The van der Waals surface area contributed by atoms with Gasteiger partial charge in [-0.3, -0.25) is 4.79 Å². The van der Waals surface area contributed by atoms with Gasteiger partial charge in [0.2, 0.25) is 5.43 Å². The molecule has 6 rings (SSSR count). The number of carboxylic acid groups (broad SMARTS) is 1. The highest BCUT2D eigenvalue weighted by Crippen LogP contribution is 2.43. The lowest BCUT2D eigenvalue weighted by Crippen LogP contribution is -2.47. The van der Waals surface area contributed by atoms with Gasteiger partial charge in [0, 0.05) is 68.4 Å². The number of alkyl halides is 3. The van der Waals surface area contributed by atoms with Crippen LogP contribution in [0.25, 0.3) is 16.6 Å². The first kappa shape index (κ1) is 30.7. The van der Waals surface area contributed by atoms with Crippen LogP contribution in [0, 0.1) is 5.82 Å². The van der Waals surface area contributed by atoms with Gasteiger partial charge in [0.1, 0.15) is 22.6 Å². The zero-order valence-corrected chi connectivity index (χ0v) is 24.9. The molecular formula is C32H31ClF3N5O4. The maximum atomic E-state index is 15.9. The van der Waals surface area contributed by atoms with Gasteiger partial charge in [-0.25, -0.2) is 14.2 Å². The molecule has 13 heteroatoms. The predicted octanol–water partition coefficient (Wildman–Crippen LogP) is 5.75. The first-order chi connectivity index (χ1) is 21.6. The summed E-state index contributed by atoms with van der Waals surface area (Å²) in [6.45, 7) is 1.83. The van der Waals surface area contributed by atoms with Gasteiger partial charge in [0.15, 0.2) is 11.6 Å². The summed E-state index contributed by atoms with van der Waals surface area (Å²) >= 11 is 5.26. The van der Waals surface area contributed by atoms with Crippen LogP contribution in [0.5, 0.6) is 5.75 Å². The largest absolute Gasteiger partial charge is 0.487 e. The summed E-state index contributed by atoms with van der Waals surface area (Å²) < 4.78 is 50.9. The van der Waals surface area contributed by atoms with E-state index in [-0.39, 0.29) is 24.3 Å². The van der Waals surface area contributed by atoms with Gasteiger partial charge in [-0.1, -0.05) is 31.0 Å². The van der Waals surface area contributed by atoms with Crippen molar-refractivity contribution in [1.82, 2.24) is 14.9 Å². The summed E-state index contributed by atoms with van der Waals surface area (Å²) in [4.78, 5) is 33.2. The molecule has 0 unspecified atom stereocenters. The van der Waals surface area contributed by atoms with Crippen LogP contribution in [-0.2, 0) is 6.54 Å². The van der Waals surface area contributed by atoms with Crippen LogP contribution in [0.4, 0.5) is 24.7 Å². The number of rotatable bonds is 9. The number of halogens is 4. The number of pyridine rings is 2. The fourth-order valence-corrected chi connectivity index (χ4v) is 6.22. The fraction of sp³-hybridized carbons (Fsp3) is 0.344. The van der Waals surface area contributed by atoms with Crippen LogP contribution >= 0.6 is 11.6 Å². The Morgan fingerprint density at radius 1 is 1.07 bits per heavy atom. The van der Waals surface area contributed by atoms with Crippen molar-refractivity contribution in [1.29, 1.82) is 0 Å². The molecule has 4 aromatic rings. The van der Waals surface area contributed by atoms with Crippen LogP contribution in [-0.4, -0.2) is 58.4 Å². The summed E-state index contributed by atoms with van der Waals surface area (Å²) in [6, 6.07) is 13.8. The average Bonchev–Trinajstić information content (AvgIpc) is 3.55. The molecule has 2 N–H and O–H groups in total. The molecule has 9 nitrogen and oxygen atoms in total. The second kappa shape index (κ2) is 12.6. The van der Waals surface area contributed by atoms with E-state index in [9.17, 15) is 23.5 Å². The smallest absolute Gasteiger partial charge is 0.477 e. The van der Waals surface area contributed by atoms with Crippen molar-refractivity contribution in [3.05, 3.63) is 88.1 Å². The number of anilines is 2. The van der Waals surface area contributed by atoms with Gasteiger partial charge < -0.3 is 29.5 Å². The van der Waals surface area contributed by atoms with Crippen molar-refractivity contribution >= 4 is 40.0 Å². The highest BCUT2D eigenvalue weighted by atomic mass is 35.5. The topological polar surface area (TPSA) is 99.9 Å². The maximum absolute atomic E-state index is 15.9. The third kappa shape index (κ3) is 6.57. The number of hydrogen-bond donors (Lipinski definition) is 2. The molecular weight excluding hydrogens is 611 g/mol. The van der Waals surface area contributed by atoms with E-state index >= 15 is 4.39 Å². The summed E-state index contributed by atoms with van der Waals surface area (Å²) in [5.41, 5.74) is -5.20. The van der Waals surface area contributed by atoms with Crippen LogP contribution < -0.4 is 25.3 Å². The van der Waals surface area contributed by atoms with Gasteiger partial charge in [0.05, 0.1) is 5.39 Å². The monoisotopic (exact) mass is 641 g/mol. The number of hydrogen-bond acceptors (Lipinski definition) is 7. The lowest BCUT2D eigenvalue weighted by molar-refractivity contribution is -0.0955. The standard InChI is InChI=1S/C32H31ClF3N5O4/c33-32(35,36)45-30-27-23(17-25(34)28(30)40-15-13-39(14-16-40)26-7-3-4-12-37-26)29(42)24(31(43)44)19-41(27)22-10-8-20(9-11-22)18-38-21-5-1-2-6-21/h3-4,7-12,17,19,21,38H,1-2,5-6,13-16,18H2,(H,43,44). The highest BCUT2D eigenvalue weighted by molar-refractivity contribution is 6.21. The van der Waals surface area contributed by atoms with E-state index in [0.29, 0.717) is 31.4 Å². The summed E-state index contributed by atoms with van der Waals surface area (Å²) in [6.07, 6.45) is 7.31. The Morgan fingerprint density at radius 3 is 2.38 bits per heavy atom. The minimum absolute atomic E-state index is 0.212. The van der Waals surface area contributed by atoms with E-state index < -0.39 is 39.5 Å². The second-order valence-electron chi connectivity index (χ2n) is 11.2. The molecule has 0 spiro atoms. The van der Waals surface area contributed by atoms with Crippen LogP contribution in [0.1, 0.15) is 41.6 Å². The predicted molar refractivity (Wildman–Crippen MR) is 166 cm³/mol. The fourth-order valence-electron chi connectivity index (χ4n) is 6.15. The minimum atomic E-state index is -4.27. The van der Waals surface area contributed by atoms with Gasteiger partial charge >= 0.3 is 11.5 Å². The van der Waals surface area contributed by atoms with Crippen LogP contribution in [0.2, 0.25) is 0 Å². The highest BCUT2D eigenvalue weighted by Gasteiger charge is 2.35. The number of benzene rings is 2. The van der Waals surface area contributed by atoms with Crippen molar-refractivity contribution in [3.63, 3.8) is 0 Å². The Bertz CT molecular complexity index is 1750. The number of fused-ring (bicyclic) bond motifs is 1. The number of carbonyl (C=O) groups is 1. The molecule has 2 fully saturated rings. The lowest BCUT2D eigenvalue weighted by Gasteiger charge is -2.37. The molecule has 1 aliphatic heterocycles. The molecule has 236 valence electrons. The number of nitrogens with zero attached hydrogens (tertiary/aromatic N) is 4. The zero-order valence-electron chi connectivity index (χ0n) is 24.2. The minimum Gasteiger partial charge on any atom is -0.477 e. The summed E-state index contributed by atoms with van der Waals surface area (Å²) in [5.74, 6) is -2.52. The molecule has 2 aliphatic rings. The van der Waals surface area contributed by atoms with Gasteiger partial charge in [-0.15, -0.1) is 8.78 Å². The molecule has 45 heavy (non-hydrogen) atoms. The third-order valence-electron chi connectivity index (χ3n) is 8.35. The Labute approximate surface area is 261 Å². The number of aromatic carboxylic acids is 1. The van der Waals surface area contributed by atoms with E-state index in [2.05, 4.69) is 10.3 Å². The van der Waals surface area contributed by atoms with Gasteiger partial charge in [-0.2, -0.15) is 0 Å². The number of ether oxygens (including phenoxy) is 1. The average molecular weight is 642 g/mol. The lowest BCUT2D eigenvalue weighted by atomic mass is 10.1. The Hall–Kier alpha value is -4.29. The molecule has 1 saturated heterocycles. The quantitative estimate of drug-likeness (QED) is 0.223. The number of piperazine rings is 1. The van der Waals surface area contributed by atoms with E-state index in [4.69, 9.17) is 16.3 Å². The Morgan fingerprint density at radius 2 is 1.76 bits per heavy atom. The molecule has 2 aromatic carbocycles. The van der Waals surface area contributed by atoms with Crippen molar-refractivity contribution in [2.24, 2.45) is 0 Å². The maximum Gasteiger partial charge on any atom is 0.487 e. The second-order valence-corrected chi connectivity index (χ2v) is 11.7. The molecule has 3 heterocycles. The molecule has 0 radical (unpaired) electrons. The normalized spacial score (nSPS) is 16.0. The van der Waals surface area contributed by atoms with Crippen molar-refractivity contribution in [3.8, 4) is 11.4 Å². The Balaban J connectivity index is 1.45. The molecule has 1 saturated carbocycles. The summed E-state index contributed by atoms with van der Waals surface area (Å²) in [7, 11) is 0. The van der Waals surface area contributed by atoms with Crippen LogP contribution in [0.15, 0.2) is 65.7 Å². The number of nitrogens with one attached hydrogen (secondary N) is 1. The first-order valence-electron chi connectivity index (χ1n) is 14.7. The van der Waals surface area contributed by atoms with Gasteiger partial charge in [-0.05, 0) is 48.7 Å². The number of aromatic nitrogens is 2. The van der Waals surface area contributed by atoms with E-state index in [1.54, 1.807) is 29.3 Å². The van der Waals surface area contributed by atoms with Crippen LogP contribution in [0.3, 0.4) is 0 Å². The van der Waals surface area contributed by atoms with E-state index in [0.717, 1.165) is 36.5 Å². The van der Waals surface area contributed by atoms with Crippen molar-refractivity contribution in [2.45, 2.75) is 43.8 Å². The van der Waals surface area contributed by atoms with Crippen molar-refractivity contribution in [2.75, 3.05) is 36.0 Å².